The van der Waals surface area contributed by atoms with E-state index in [4.69, 9.17) is 27.0 Å². The molecule has 0 bridgehead atoms. The normalized spacial score (nSPS) is 13.9. The monoisotopic (exact) mass is 552 g/mol. The number of nitrogens with one attached hydrogen (secondary N) is 3. The molecular weight excluding hydrogens is 527 g/mol. The van der Waals surface area contributed by atoms with Crippen molar-refractivity contribution < 1.29 is 9.18 Å². The number of halogens is 2. The molecule has 0 spiro atoms. The van der Waals surface area contributed by atoms with E-state index in [1.165, 1.54) is 6.07 Å². The van der Waals surface area contributed by atoms with Crippen LogP contribution >= 0.6 is 11.6 Å². The van der Waals surface area contributed by atoms with E-state index >= 15 is 0 Å². The van der Waals surface area contributed by atoms with Crippen LogP contribution in [0.3, 0.4) is 0 Å². The van der Waals surface area contributed by atoms with E-state index in [9.17, 15) is 9.18 Å². The Morgan fingerprint density at radius 3 is 2.58 bits per heavy atom. The number of rotatable bonds is 7. The van der Waals surface area contributed by atoms with Gasteiger partial charge in [-0.1, -0.05) is 29.8 Å². The van der Waals surface area contributed by atoms with Crippen molar-refractivity contribution in [2.75, 3.05) is 18.4 Å². The number of fused-ring (bicyclic) bond motifs is 3. The molecule has 3 heterocycles. The van der Waals surface area contributed by atoms with Gasteiger partial charge in [-0.25, -0.2) is 19.3 Å². The van der Waals surface area contributed by atoms with Crippen molar-refractivity contribution in [3.05, 3.63) is 89.3 Å². The van der Waals surface area contributed by atoms with E-state index < -0.39 is 0 Å². The molecule has 1 saturated heterocycles. The summed E-state index contributed by atoms with van der Waals surface area (Å²) in [6.07, 6.45) is 3.56. The summed E-state index contributed by atoms with van der Waals surface area (Å²) in [5.41, 5.74) is 3.77. The van der Waals surface area contributed by atoms with Crippen molar-refractivity contribution in [1.29, 1.82) is 5.41 Å². The maximum Gasteiger partial charge on any atom is 0.227 e. The summed E-state index contributed by atoms with van der Waals surface area (Å²) >= 11 is 6.30. The van der Waals surface area contributed by atoms with Gasteiger partial charge in [0.1, 0.15) is 16.9 Å². The molecule has 1 aliphatic rings. The van der Waals surface area contributed by atoms with Gasteiger partial charge < -0.3 is 16.0 Å². The number of benzene rings is 3. The number of hydrogen-bond acceptors (Lipinski definition) is 7. The molecule has 0 unspecified atom stereocenters. The third-order valence-electron chi connectivity index (χ3n) is 7.27. The largest absolute Gasteiger partial charge is 0.324 e. The lowest BCUT2D eigenvalue weighted by Crippen LogP contribution is -2.32. The molecule has 6 rings (SSSR count). The minimum absolute atomic E-state index is 0.0566. The Balaban J connectivity index is 1.26. The molecule has 0 amide bonds. The van der Waals surface area contributed by atoms with Crippen molar-refractivity contribution in [2.45, 2.75) is 19.3 Å². The summed E-state index contributed by atoms with van der Waals surface area (Å²) in [4.78, 5) is 26.6. The topological polar surface area (TPSA) is 104 Å². The van der Waals surface area contributed by atoms with E-state index in [1.807, 2.05) is 6.07 Å². The van der Waals surface area contributed by atoms with Crippen LogP contribution in [-0.2, 0) is 0 Å². The fraction of sp³-hybridized carbons (Fsp3) is 0.194. The highest BCUT2D eigenvalue weighted by Crippen LogP contribution is 2.34. The highest BCUT2D eigenvalue weighted by atomic mass is 35.5. The predicted molar refractivity (Wildman–Crippen MR) is 157 cm³/mol. The molecule has 0 saturated carbocycles. The van der Waals surface area contributed by atoms with Gasteiger partial charge in [-0.05, 0) is 80.4 Å². The Hall–Kier alpha value is -4.27. The van der Waals surface area contributed by atoms with Gasteiger partial charge in [0.15, 0.2) is 5.78 Å². The Labute approximate surface area is 235 Å². The van der Waals surface area contributed by atoms with Crippen LogP contribution in [0.4, 0.5) is 16.0 Å². The van der Waals surface area contributed by atoms with E-state index in [1.54, 1.807) is 60.8 Å². The van der Waals surface area contributed by atoms with Crippen LogP contribution in [0.2, 0.25) is 5.02 Å². The molecule has 0 aliphatic carbocycles. The Bertz CT molecular complexity index is 1750. The quantitative estimate of drug-likeness (QED) is 0.114. The van der Waals surface area contributed by atoms with Crippen LogP contribution in [-0.4, -0.2) is 39.5 Å². The molecule has 7 nitrogen and oxygen atoms in total. The van der Waals surface area contributed by atoms with E-state index in [0.717, 1.165) is 31.3 Å². The van der Waals surface area contributed by atoms with Gasteiger partial charge >= 0.3 is 0 Å². The SMILES string of the molecule is N=C(CC(=O)c1ccc(Nc2ncc3nc(-c4ccccc4F)c4cc(Cl)ccc4c3n2)cc1)C1CCNCC1. The maximum absolute atomic E-state index is 14.7. The first-order valence-electron chi connectivity index (χ1n) is 13.2. The Kier molecular flexibility index (Phi) is 7.19. The van der Waals surface area contributed by atoms with Crippen molar-refractivity contribution in [2.24, 2.45) is 5.92 Å². The summed E-state index contributed by atoms with van der Waals surface area (Å²) in [5.74, 6) is 0.107. The van der Waals surface area contributed by atoms with E-state index in [0.29, 0.717) is 55.6 Å². The molecule has 0 atom stereocenters. The number of piperidine rings is 1. The number of anilines is 2. The minimum atomic E-state index is -0.375. The lowest BCUT2D eigenvalue weighted by molar-refractivity contribution is 0.0999. The van der Waals surface area contributed by atoms with Crippen LogP contribution in [0.1, 0.15) is 29.6 Å². The highest BCUT2D eigenvalue weighted by Gasteiger charge is 2.21. The van der Waals surface area contributed by atoms with Crippen molar-refractivity contribution in [3.63, 3.8) is 0 Å². The van der Waals surface area contributed by atoms with Gasteiger partial charge in [0.25, 0.3) is 0 Å². The average Bonchev–Trinajstić information content (AvgIpc) is 2.98. The first kappa shape index (κ1) is 26.0. The van der Waals surface area contributed by atoms with Gasteiger partial charge in [0.05, 0.1) is 11.9 Å². The van der Waals surface area contributed by atoms with Gasteiger partial charge in [0.2, 0.25) is 5.95 Å². The van der Waals surface area contributed by atoms with Crippen molar-refractivity contribution >= 4 is 56.5 Å². The Morgan fingerprint density at radius 2 is 1.80 bits per heavy atom. The summed E-state index contributed by atoms with van der Waals surface area (Å²) in [6, 6.07) is 19.0. The zero-order valence-corrected chi connectivity index (χ0v) is 22.3. The predicted octanol–water partition coefficient (Wildman–Crippen LogP) is 6.97. The molecule has 1 fully saturated rings. The molecule has 9 heteroatoms. The first-order chi connectivity index (χ1) is 19.5. The van der Waals surface area contributed by atoms with Gasteiger partial charge in [-0.3, -0.25) is 4.79 Å². The smallest absolute Gasteiger partial charge is 0.227 e. The van der Waals surface area contributed by atoms with Crippen LogP contribution in [0.25, 0.3) is 33.1 Å². The molecule has 3 N–H and O–H groups in total. The van der Waals surface area contributed by atoms with Gasteiger partial charge in [-0.15, -0.1) is 0 Å². The van der Waals surface area contributed by atoms with Crippen LogP contribution in [0, 0.1) is 17.1 Å². The molecular formula is C31H26ClFN6O. The van der Waals surface area contributed by atoms with Gasteiger partial charge in [-0.2, -0.15) is 0 Å². The fourth-order valence-electron chi connectivity index (χ4n) is 5.13. The Morgan fingerprint density at radius 1 is 1.02 bits per heavy atom. The second-order valence-electron chi connectivity index (χ2n) is 9.91. The second kappa shape index (κ2) is 11.1. The third kappa shape index (κ3) is 5.28. The number of Topliss-reactive ketones (excluding diaryl/α,β-unsaturated/α-hetero) is 1. The zero-order chi connectivity index (χ0) is 27.6. The molecule has 2 aromatic heterocycles. The molecule has 200 valence electrons. The average molecular weight is 553 g/mol. The highest BCUT2D eigenvalue weighted by molar-refractivity contribution is 6.31. The zero-order valence-electron chi connectivity index (χ0n) is 21.5. The van der Waals surface area contributed by atoms with Crippen molar-refractivity contribution in [1.82, 2.24) is 20.3 Å². The summed E-state index contributed by atoms with van der Waals surface area (Å²) in [6.45, 7) is 1.79. The van der Waals surface area contributed by atoms with E-state index in [2.05, 4.69) is 15.6 Å². The minimum Gasteiger partial charge on any atom is -0.324 e. The lowest BCUT2D eigenvalue weighted by Gasteiger charge is -2.23. The number of ketones is 1. The standard InChI is InChI=1S/C31H26ClFN6O/c32-20-7-10-22-24(15-20)29(23-3-1-2-4-25(23)33)38-27-17-36-31(39-30(22)27)37-21-8-5-19(6-9-21)28(40)16-26(34)18-11-13-35-14-12-18/h1-10,15,17-18,34-35H,11-14,16H2,(H,36,37,39). The summed E-state index contributed by atoms with van der Waals surface area (Å²) in [7, 11) is 0. The van der Waals surface area contributed by atoms with Gasteiger partial charge in [0, 0.05) is 44.7 Å². The fourth-order valence-corrected chi connectivity index (χ4v) is 5.30. The van der Waals surface area contributed by atoms with Crippen LogP contribution in [0.15, 0.2) is 72.9 Å². The number of hydrogen-bond donors (Lipinski definition) is 3. The molecule has 3 aromatic carbocycles. The summed E-state index contributed by atoms with van der Waals surface area (Å²) < 4.78 is 14.7. The molecule has 40 heavy (non-hydrogen) atoms. The number of nitrogens with zero attached hydrogens (tertiary/aromatic N) is 3. The number of pyridine rings is 1. The van der Waals surface area contributed by atoms with Crippen LogP contribution in [0.5, 0.6) is 0 Å². The third-order valence-corrected chi connectivity index (χ3v) is 7.50. The number of carbonyl (C=O) groups is 1. The number of aromatic nitrogens is 3. The second-order valence-corrected chi connectivity index (χ2v) is 10.3. The van der Waals surface area contributed by atoms with E-state index in [-0.39, 0.29) is 23.9 Å². The molecule has 1 aliphatic heterocycles. The maximum atomic E-state index is 14.7. The number of carbonyl (C=O) groups excluding carboxylic acids is 1. The van der Waals surface area contributed by atoms with Crippen LogP contribution < -0.4 is 10.6 Å². The lowest BCUT2D eigenvalue weighted by atomic mass is 9.89. The summed E-state index contributed by atoms with van der Waals surface area (Å²) in [5, 5.41) is 16.8. The molecule has 5 aromatic rings. The van der Waals surface area contributed by atoms with Crippen molar-refractivity contribution in [3.8, 4) is 11.3 Å². The molecule has 0 radical (unpaired) electrons. The first-order valence-corrected chi connectivity index (χ1v) is 13.5.